The highest BCUT2D eigenvalue weighted by Crippen LogP contribution is 2.34. The van der Waals surface area contributed by atoms with E-state index in [0.717, 1.165) is 15.8 Å². The number of rotatable bonds is 3. The van der Waals surface area contributed by atoms with Gasteiger partial charge in [0.2, 0.25) is 6.79 Å². The van der Waals surface area contributed by atoms with Gasteiger partial charge in [0.05, 0.1) is 6.04 Å². The molecule has 1 aliphatic heterocycles. The summed E-state index contributed by atoms with van der Waals surface area (Å²) >= 11 is 3.30. The molecule has 0 bridgehead atoms. The Morgan fingerprint density at radius 2 is 2.15 bits per heavy atom. The molecule has 1 aromatic carbocycles. The van der Waals surface area contributed by atoms with Crippen LogP contribution in [0.15, 0.2) is 34.9 Å². The first-order valence-electron chi connectivity index (χ1n) is 6.18. The lowest BCUT2D eigenvalue weighted by Gasteiger charge is -2.14. The third-order valence-electron chi connectivity index (χ3n) is 3.14. The van der Waals surface area contributed by atoms with Crippen molar-refractivity contribution in [2.45, 2.75) is 13.0 Å². The SMILES string of the molecule is CC(NC(=O)c1cc(Br)c[nH]1)c1ccc2c(c1)OCO2. The molecule has 2 N–H and O–H groups in total. The highest BCUT2D eigenvalue weighted by molar-refractivity contribution is 9.10. The van der Waals surface area contributed by atoms with E-state index < -0.39 is 0 Å². The van der Waals surface area contributed by atoms with Crippen molar-refractivity contribution >= 4 is 21.8 Å². The zero-order chi connectivity index (χ0) is 14.1. The Balaban J connectivity index is 1.73. The number of aromatic amines is 1. The van der Waals surface area contributed by atoms with Gasteiger partial charge in [-0.25, -0.2) is 0 Å². The first-order chi connectivity index (χ1) is 9.63. The maximum atomic E-state index is 12.1. The van der Waals surface area contributed by atoms with Crippen LogP contribution in [0.25, 0.3) is 0 Å². The normalized spacial score (nSPS) is 14.1. The lowest BCUT2D eigenvalue weighted by molar-refractivity contribution is 0.0935. The highest BCUT2D eigenvalue weighted by atomic mass is 79.9. The number of hydrogen-bond donors (Lipinski definition) is 2. The van der Waals surface area contributed by atoms with Crippen LogP contribution in [0.5, 0.6) is 11.5 Å². The molecule has 104 valence electrons. The Morgan fingerprint density at radius 1 is 1.35 bits per heavy atom. The van der Waals surface area contributed by atoms with E-state index in [9.17, 15) is 4.79 Å². The third-order valence-corrected chi connectivity index (χ3v) is 3.59. The monoisotopic (exact) mass is 336 g/mol. The van der Waals surface area contributed by atoms with E-state index in [-0.39, 0.29) is 18.7 Å². The molecule has 0 fully saturated rings. The first kappa shape index (κ1) is 13.1. The van der Waals surface area contributed by atoms with E-state index in [1.165, 1.54) is 0 Å². The van der Waals surface area contributed by atoms with Gasteiger partial charge < -0.3 is 19.8 Å². The van der Waals surface area contributed by atoms with Crippen molar-refractivity contribution in [3.05, 3.63) is 46.2 Å². The Bertz CT molecular complexity index is 654. The highest BCUT2D eigenvalue weighted by Gasteiger charge is 2.17. The standard InChI is InChI=1S/C14H13BrN2O3/c1-8(17-14(18)11-5-10(15)6-16-11)9-2-3-12-13(4-9)20-7-19-12/h2-6,8,16H,7H2,1H3,(H,17,18). The summed E-state index contributed by atoms with van der Waals surface area (Å²) in [4.78, 5) is 15.0. The fourth-order valence-corrected chi connectivity index (χ4v) is 2.38. The second-order valence-electron chi connectivity index (χ2n) is 4.54. The number of carbonyl (C=O) groups excluding carboxylic acids is 1. The molecule has 1 atom stereocenters. The Labute approximate surface area is 124 Å². The molecule has 2 aromatic rings. The van der Waals surface area contributed by atoms with Crippen molar-refractivity contribution in [1.29, 1.82) is 0 Å². The molecule has 2 heterocycles. The minimum absolute atomic E-state index is 0.126. The van der Waals surface area contributed by atoms with E-state index in [0.29, 0.717) is 11.4 Å². The molecule has 5 nitrogen and oxygen atoms in total. The molecule has 1 amide bonds. The number of halogens is 1. The van der Waals surface area contributed by atoms with Gasteiger partial charge in [0.25, 0.3) is 5.91 Å². The fourth-order valence-electron chi connectivity index (χ4n) is 2.04. The van der Waals surface area contributed by atoms with E-state index in [4.69, 9.17) is 9.47 Å². The summed E-state index contributed by atoms with van der Waals surface area (Å²) in [5.41, 5.74) is 1.48. The minimum Gasteiger partial charge on any atom is -0.454 e. The summed E-state index contributed by atoms with van der Waals surface area (Å²) in [6.45, 7) is 2.17. The largest absolute Gasteiger partial charge is 0.454 e. The Morgan fingerprint density at radius 3 is 2.90 bits per heavy atom. The number of hydrogen-bond acceptors (Lipinski definition) is 3. The van der Waals surface area contributed by atoms with E-state index in [1.54, 1.807) is 12.3 Å². The summed E-state index contributed by atoms with van der Waals surface area (Å²) in [6.07, 6.45) is 1.72. The van der Waals surface area contributed by atoms with Crippen LogP contribution >= 0.6 is 15.9 Å². The van der Waals surface area contributed by atoms with Gasteiger partial charge >= 0.3 is 0 Å². The van der Waals surface area contributed by atoms with Crippen LogP contribution in [0, 0.1) is 0 Å². The topological polar surface area (TPSA) is 63.4 Å². The van der Waals surface area contributed by atoms with Crippen molar-refractivity contribution in [2.24, 2.45) is 0 Å². The van der Waals surface area contributed by atoms with Gasteiger partial charge in [0, 0.05) is 10.7 Å². The van der Waals surface area contributed by atoms with Gasteiger partial charge in [-0.2, -0.15) is 0 Å². The van der Waals surface area contributed by atoms with Crippen molar-refractivity contribution in [1.82, 2.24) is 10.3 Å². The van der Waals surface area contributed by atoms with Gasteiger partial charge in [-0.05, 0) is 46.6 Å². The number of aromatic nitrogens is 1. The fraction of sp³-hybridized carbons (Fsp3) is 0.214. The minimum atomic E-state index is -0.152. The van der Waals surface area contributed by atoms with Crippen LogP contribution in [-0.2, 0) is 0 Å². The summed E-state index contributed by atoms with van der Waals surface area (Å²) in [5.74, 6) is 1.30. The maximum Gasteiger partial charge on any atom is 0.268 e. The lowest BCUT2D eigenvalue weighted by atomic mass is 10.1. The molecule has 0 saturated heterocycles. The molecule has 0 spiro atoms. The Kier molecular flexibility index (Phi) is 3.40. The molecule has 0 aliphatic carbocycles. The van der Waals surface area contributed by atoms with Crippen LogP contribution in [0.3, 0.4) is 0 Å². The molecule has 6 heteroatoms. The number of ether oxygens (including phenoxy) is 2. The van der Waals surface area contributed by atoms with Crippen molar-refractivity contribution < 1.29 is 14.3 Å². The van der Waals surface area contributed by atoms with E-state index in [2.05, 4.69) is 26.2 Å². The second kappa shape index (κ2) is 5.20. The predicted molar refractivity (Wildman–Crippen MR) is 76.9 cm³/mol. The summed E-state index contributed by atoms with van der Waals surface area (Å²) in [5, 5.41) is 2.93. The van der Waals surface area contributed by atoms with E-state index in [1.807, 2.05) is 25.1 Å². The van der Waals surface area contributed by atoms with Crippen LogP contribution < -0.4 is 14.8 Å². The molecule has 1 unspecified atom stereocenters. The number of amides is 1. The van der Waals surface area contributed by atoms with Crippen LogP contribution in [0.1, 0.15) is 29.0 Å². The molecular formula is C14H13BrN2O3. The molecule has 20 heavy (non-hydrogen) atoms. The van der Waals surface area contributed by atoms with Crippen LogP contribution in [-0.4, -0.2) is 17.7 Å². The zero-order valence-electron chi connectivity index (χ0n) is 10.8. The quantitative estimate of drug-likeness (QED) is 0.905. The molecule has 0 radical (unpaired) electrons. The summed E-state index contributed by atoms with van der Waals surface area (Å²) in [6, 6.07) is 7.27. The second-order valence-corrected chi connectivity index (χ2v) is 5.46. The van der Waals surface area contributed by atoms with Crippen molar-refractivity contribution in [3.8, 4) is 11.5 Å². The van der Waals surface area contributed by atoms with Crippen LogP contribution in [0.2, 0.25) is 0 Å². The van der Waals surface area contributed by atoms with Gasteiger partial charge in [0.1, 0.15) is 5.69 Å². The first-order valence-corrected chi connectivity index (χ1v) is 6.97. The van der Waals surface area contributed by atoms with Crippen molar-refractivity contribution in [2.75, 3.05) is 6.79 Å². The number of benzene rings is 1. The molecule has 3 rings (SSSR count). The van der Waals surface area contributed by atoms with Gasteiger partial charge in [-0.1, -0.05) is 6.07 Å². The smallest absolute Gasteiger partial charge is 0.268 e. The predicted octanol–water partition coefficient (Wildman–Crippen LogP) is 3.00. The maximum absolute atomic E-state index is 12.1. The average Bonchev–Trinajstić information content (AvgIpc) is 3.05. The molecular weight excluding hydrogens is 324 g/mol. The van der Waals surface area contributed by atoms with Gasteiger partial charge in [-0.15, -0.1) is 0 Å². The summed E-state index contributed by atoms with van der Waals surface area (Å²) in [7, 11) is 0. The van der Waals surface area contributed by atoms with Crippen molar-refractivity contribution in [3.63, 3.8) is 0 Å². The lowest BCUT2D eigenvalue weighted by Crippen LogP contribution is -2.26. The van der Waals surface area contributed by atoms with Crippen LogP contribution in [0.4, 0.5) is 0 Å². The third kappa shape index (κ3) is 2.51. The zero-order valence-corrected chi connectivity index (χ0v) is 12.4. The molecule has 0 saturated carbocycles. The number of fused-ring (bicyclic) bond motifs is 1. The van der Waals surface area contributed by atoms with Gasteiger partial charge in [-0.3, -0.25) is 4.79 Å². The molecule has 1 aromatic heterocycles. The number of carbonyl (C=O) groups is 1. The molecule has 1 aliphatic rings. The van der Waals surface area contributed by atoms with Gasteiger partial charge in [0.15, 0.2) is 11.5 Å². The number of H-pyrrole nitrogens is 1. The summed E-state index contributed by atoms with van der Waals surface area (Å²) < 4.78 is 11.4. The van der Waals surface area contributed by atoms with E-state index >= 15 is 0 Å². The average molecular weight is 337 g/mol. The number of nitrogens with one attached hydrogen (secondary N) is 2. The Hall–Kier alpha value is -1.95.